The molecule has 1 aliphatic heterocycles. The highest BCUT2D eigenvalue weighted by molar-refractivity contribution is 14.0. The predicted molar refractivity (Wildman–Crippen MR) is 136 cm³/mol. The summed E-state index contributed by atoms with van der Waals surface area (Å²) in [4.78, 5) is 7.33. The van der Waals surface area contributed by atoms with Crippen LogP contribution in [-0.4, -0.2) is 38.7 Å². The molecule has 0 saturated carbocycles. The molecule has 164 valence electrons. The highest BCUT2D eigenvalue weighted by atomic mass is 127. The average Bonchev–Trinajstić information content (AvgIpc) is 3.40. The summed E-state index contributed by atoms with van der Waals surface area (Å²) in [6.07, 6.45) is 1.13. The number of nitrogens with zero attached hydrogens (tertiary/aromatic N) is 5. The average molecular weight is 530 g/mol. The Bertz CT molecular complexity index is 986. The van der Waals surface area contributed by atoms with Gasteiger partial charge in [0.05, 0.1) is 6.04 Å². The molecule has 0 radical (unpaired) electrons. The van der Waals surface area contributed by atoms with Crippen molar-refractivity contribution in [3.8, 4) is 0 Å². The van der Waals surface area contributed by atoms with Crippen LogP contribution in [0.5, 0.6) is 0 Å². The second kappa shape index (κ2) is 10.7. The number of hydrogen-bond acceptors (Lipinski definition) is 3. The summed E-state index contributed by atoms with van der Waals surface area (Å²) in [6, 6.07) is 21.5. The molecule has 31 heavy (non-hydrogen) atoms. The monoisotopic (exact) mass is 530 g/mol. The minimum Gasteiger partial charge on any atom is -0.350 e. The zero-order chi connectivity index (χ0) is 20.9. The molecule has 0 amide bonds. The first kappa shape index (κ1) is 23.2. The van der Waals surface area contributed by atoms with Crippen LogP contribution in [0.4, 0.5) is 0 Å². The number of rotatable bonds is 5. The van der Waals surface area contributed by atoms with Gasteiger partial charge >= 0.3 is 0 Å². The van der Waals surface area contributed by atoms with Gasteiger partial charge < -0.3 is 14.8 Å². The van der Waals surface area contributed by atoms with Gasteiger partial charge in [0, 0.05) is 26.1 Å². The quantitative estimate of drug-likeness (QED) is 0.301. The Hall–Kier alpha value is -2.42. The van der Waals surface area contributed by atoms with Gasteiger partial charge in [-0.05, 0) is 31.4 Å². The van der Waals surface area contributed by atoms with E-state index in [2.05, 4.69) is 81.9 Å². The zero-order valence-electron chi connectivity index (χ0n) is 18.4. The van der Waals surface area contributed by atoms with Crippen LogP contribution >= 0.6 is 24.0 Å². The highest BCUT2D eigenvalue weighted by Crippen LogP contribution is 2.27. The van der Waals surface area contributed by atoms with Crippen molar-refractivity contribution in [2.75, 3.05) is 13.1 Å². The molecule has 4 rings (SSSR count). The van der Waals surface area contributed by atoms with E-state index in [4.69, 9.17) is 4.99 Å². The number of benzene rings is 2. The Morgan fingerprint density at radius 2 is 1.77 bits per heavy atom. The molecule has 2 aromatic carbocycles. The van der Waals surface area contributed by atoms with E-state index in [0.29, 0.717) is 12.5 Å². The van der Waals surface area contributed by atoms with E-state index < -0.39 is 0 Å². The fourth-order valence-electron chi connectivity index (χ4n) is 3.94. The molecule has 0 aliphatic carbocycles. The minimum absolute atomic E-state index is 0. The third kappa shape index (κ3) is 5.64. The minimum atomic E-state index is 0. The molecule has 1 fully saturated rings. The van der Waals surface area contributed by atoms with Crippen molar-refractivity contribution in [1.82, 2.24) is 25.0 Å². The first-order chi connectivity index (χ1) is 14.6. The topological polar surface area (TPSA) is 58.3 Å². The standard InChI is InChI=1S/C24H30N6.HI/c1-18(20-10-6-4-7-11-20)26-24(25-16-23-28-27-19(2)29(23)3)30-15-14-22(17-30)21-12-8-5-9-13-21;/h4-13,18,22H,14-17H2,1-3H3,(H,25,26);1H. The van der Waals surface area contributed by atoms with E-state index in [1.807, 2.05) is 24.6 Å². The van der Waals surface area contributed by atoms with Gasteiger partial charge in [0.2, 0.25) is 0 Å². The van der Waals surface area contributed by atoms with Crippen molar-refractivity contribution in [3.63, 3.8) is 0 Å². The summed E-state index contributed by atoms with van der Waals surface area (Å²) >= 11 is 0. The van der Waals surface area contributed by atoms with E-state index >= 15 is 0 Å². The summed E-state index contributed by atoms with van der Waals surface area (Å²) < 4.78 is 2.00. The van der Waals surface area contributed by atoms with Gasteiger partial charge in [0.25, 0.3) is 0 Å². The summed E-state index contributed by atoms with van der Waals surface area (Å²) in [5, 5.41) is 12.1. The first-order valence-corrected chi connectivity index (χ1v) is 10.6. The number of aromatic nitrogens is 3. The first-order valence-electron chi connectivity index (χ1n) is 10.6. The lowest BCUT2D eigenvalue weighted by molar-refractivity contribution is 0.471. The Kier molecular flexibility index (Phi) is 8.06. The van der Waals surface area contributed by atoms with Crippen molar-refractivity contribution >= 4 is 29.9 Å². The maximum atomic E-state index is 4.95. The number of halogens is 1. The van der Waals surface area contributed by atoms with Crippen molar-refractivity contribution in [3.05, 3.63) is 83.4 Å². The second-order valence-electron chi connectivity index (χ2n) is 7.98. The van der Waals surface area contributed by atoms with Crippen LogP contribution in [-0.2, 0) is 13.6 Å². The molecule has 1 aromatic heterocycles. The maximum absolute atomic E-state index is 4.95. The zero-order valence-corrected chi connectivity index (χ0v) is 20.7. The number of hydrogen-bond donors (Lipinski definition) is 1. The number of aryl methyl sites for hydroxylation is 1. The molecule has 3 aromatic rings. The van der Waals surface area contributed by atoms with Gasteiger partial charge in [0.15, 0.2) is 11.8 Å². The van der Waals surface area contributed by atoms with Gasteiger partial charge in [0.1, 0.15) is 12.4 Å². The summed E-state index contributed by atoms with van der Waals surface area (Å²) in [5.41, 5.74) is 2.65. The number of nitrogens with one attached hydrogen (secondary N) is 1. The molecule has 2 atom stereocenters. The van der Waals surface area contributed by atoms with Crippen LogP contribution in [0.3, 0.4) is 0 Å². The second-order valence-corrected chi connectivity index (χ2v) is 7.98. The molecule has 2 heterocycles. The van der Waals surface area contributed by atoms with Crippen LogP contribution in [0.1, 0.15) is 48.1 Å². The maximum Gasteiger partial charge on any atom is 0.194 e. The van der Waals surface area contributed by atoms with Crippen LogP contribution in [0, 0.1) is 6.92 Å². The summed E-state index contributed by atoms with van der Waals surface area (Å²) in [6.45, 7) is 6.61. The number of guanidine groups is 1. The molecule has 2 unspecified atom stereocenters. The summed E-state index contributed by atoms with van der Waals surface area (Å²) in [7, 11) is 1.99. The number of aliphatic imine (C=N–C) groups is 1. The van der Waals surface area contributed by atoms with Crippen molar-refractivity contribution < 1.29 is 0 Å². The smallest absolute Gasteiger partial charge is 0.194 e. The van der Waals surface area contributed by atoms with Crippen molar-refractivity contribution in [2.45, 2.75) is 38.8 Å². The normalized spacial score (nSPS) is 17.3. The highest BCUT2D eigenvalue weighted by Gasteiger charge is 2.27. The van der Waals surface area contributed by atoms with E-state index in [0.717, 1.165) is 37.1 Å². The van der Waals surface area contributed by atoms with Crippen molar-refractivity contribution in [2.24, 2.45) is 12.0 Å². The van der Waals surface area contributed by atoms with Gasteiger partial charge in [-0.3, -0.25) is 0 Å². The molecular formula is C24H31IN6. The molecule has 1 saturated heterocycles. The summed E-state index contributed by atoms with van der Waals surface area (Å²) in [5.74, 6) is 3.24. The lowest BCUT2D eigenvalue weighted by Crippen LogP contribution is -2.41. The third-order valence-electron chi connectivity index (χ3n) is 5.96. The van der Waals surface area contributed by atoms with Crippen molar-refractivity contribution in [1.29, 1.82) is 0 Å². The molecule has 0 bridgehead atoms. The van der Waals surface area contributed by atoms with Crippen LogP contribution in [0.2, 0.25) is 0 Å². The Balaban J connectivity index is 0.00000272. The van der Waals surface area contributed by atoms with Gasteiger partial charge in [-0.2, -0.15) is 0 Å². The van der Waals surface area contributed by atoms with Crippen LogP contribution in [0.15, 0.2) is 65.7 Å². The van der Waals surface area contributed by atoms with Gasteiger partial charge in [-0.15, -0.1) is 34.2 Å². The molecule has 6 nitrogen and oxygen atoms in total. The largest absolute Gasteiger partial charge is 0.350 e. The van der Waals surface area contributed by atoms with E-state index in [1.54, 1.807) is 0 Å². The molecular weight excluding hydrogens is 499 g/mol. The number of likely N-dealkylation sites (tertiary alicyclic amines) is 1. The van der Waals surface area contributed by atoms with E-state index in [-0.39, 0.29) is 30.0 Å². The lowest BCUT2D eigenvalue weighted by atomic mass is 9.99. The third-order valence-corrected chi connectivity index (χ3v) is 5.96. The fraction of sp³-hybridized carbons (Fsp3) is 0.375. The lowest BCUT2D eigenvalue weighted by Gasteiger charge is -2.26. The molecule has 1 N–H and O–H groups in total. The predicted octanol–water partition coefficient (Wildman–Crippen LogP) is 4.44. The van der Waals surface area contributed by atoms with Gasteiger partial charge in [-0.1, -0.05) is 60.7 Å². The van der Waals surface area contributed by atoms with Crippen LogP contribution < -0.4 is 5.32 Å². The molecule has 7 heteroatoms. The Labute approximate surface area is 201 Å². The molecule has 1 aliphatic rings. The van der Waals surface area contributed by atoms with Gasteiger partial charge in [-0.25, -0.2) is 4.99 Å². The SMILES string of the molecule is Cc1nnc(CN=C(NC(C)c2ccccc2)N2CCC(c3ccccc3)C2)n1C.I. The van der Waals surface area contributed by atoms with E-state index in [9.17, 15) is 0 Å². The Morgan fingerprint density at radius 1 is 1.10 bits per heavy atom. The molecule has 0 spiro atoms. The fourth-order valence-corrected chi connectivity index (χ4v) is 3.94. The van der Waals surface area contributed by atoms with Crippen LogP contribution in [0.25, 0.3) is 0 Å². The van der Waals surface area contributed by atoms with E-state index in [1.165, 1.54) is 11.1 Å². The Morgan fingerprint density at radius 3 is 2.42 bits per heavy atom.